The normalized spacial score (nSPS) is 18.3. The topological polar surface area (TPSA) is 59.2 Å². The zero-order chi connectivity index (χ0) is 18.1. The van der Waals surface area contributed by atoms with Crippen LogP contribution in [0.3, 0.4) is 0 Å². The predicted molar refractivity (Wildman–Crippen MR) is 98.4 cm³/mol. The summed E-state index contributed by atoms with van der Waals surface area (Å²) < 4.78 is 5.43. The highest BCUT2D eigenvalue weighted by atomic mass is 16.5. The Bertz CT molecular complexity index is 903. The highest BCUT2D eigenvalue weighted by molar-refractivity contribution is 5.80. The van der Waals surface area contributed by atoms with Gasteiger partial charge in [-0.15, -0.1) is 0 Å². The van der Waals surface area contributed by atoms with Crippen LogP contribution in [0.15, 0.2) is 59.1 Å². The standard InChI is InChI=1S/C21H21N3O2/c1-14-8-10-17(11-9-14)21-22-20(23-26-21)18-12-19(25)24(13-18)15(2)16-6-4-3-5-7-16/h3-11,15,18H,12-13H2,1-2H3. The van der Waals surface area contributed by atoms with Crippen molar-refractivity contribution in [3.8, 4) is 11.5 Å². The summed E-state index contributed by atoms with van der Waals surface area (Å²) in [6.07, 6.45) is 0.421. The molecule has 0 spiro atoms. The molecule has 1 fully saturated rings. The number of aryl methyl sites for hydroxylation is 1. The Morgan fingerprint density at radius 3 is 2.58 bits per heavy atom. The molecule has 5 heteroatoms. The van der Waals surface area contributed by atoms with E-state index in [0.29, 0.717) is 24.7 Å². The van der Waals surface area contributed by atoms with Gasteiger partial charge in [0.2, 0.25) is 5.91 Å². The molecular weight excluding hydrogens is 326 g/mol. The third-order valence-electron chi connectivity index (χ3n) is 5.01. The molecule has 1 aliphatic heterocycles. The lowest BCUT2D eigenvalue weighted by Gasteiger charge is -2.25. The minimum absolute atomic E-state index is 0.0309. The number of carbonyl (C=O) groups excluding carboxylic acids is 1. The van der Waals surface area contributed by atoms with Gasteiger partial charge in [-0.25, -0.2) is 0 Å². The van der Waals surface area contributed by atoms with Crippen molar-refractivity contribution in [2.75, 3.05) is 6.54 Å². The average molecular weight is 347 g/mol. The van der Waals surface area contributed by atoms with Gasteiger partial charge in [0, 0.05) is 24.4 Å². The number of benzene rings is 2. The largest absolute Gasteiger partial charge is 0.335 e. The summed E-state index contributed by atoms with van der Waals surface area (Å²) in [6.45, 7) is 4.71. The van der Waals surface area contributed by atoms with Crippen molar-refractivity contribution in [3.05, 3.63) is 71.5 Å². The zero-order valence-electron chi connectivity index (χ0n) is 14.9. The van der Waals surface area contributed by atoms with E-state index >= 15 is 0 Å². The van der Waals surface area contributed by atoms with Crippen molar-refractivity contribution in [2.24, 2.45) is 0 Å². The van der Waals surface area contributed by atoms with Crippen LogP contribution in [0.25, 0.3) is 11.5 Å². The average Bonchev–Trinajstić information content (AvgIpc) is 3.29. The Labute approximate surface area is 152 Å². The molecule has 1 amide bonds. The Kier molecular flexibility index (Phi) is 4.29. The van der Waals surface area contributed by atoms with Crippen LogP contribution in [0.1, 0.15) is 42.3 Å². The molecule has 0 bridgehead atoms. The number of rotatable bonds is 4. The summed E-state index contributed by atoms with van der Waals surface area (Å²) in [6, 6.07) is 18.1. The first-order valence-electron chi connectivity index (χ1n) is 8.87. The summed E-state index contributed by atoms with van der Waals surface area (Å²) in [5, 5.41) is 4.13. The first kappa shape index (κ1) is 16.5. The Morgan fingerprint density at radius 1 is 1.12 bits per heavy atom. The molecule has 3 aromatic rings. The van der Waals surface area contributed by atoms with E-state index in [-0.39, 0.29) is 17.9 Å². The van der Waals surface area contributed by atoms with Gasteiger partial charge in [-0.2, -0.15) is 4.98 Å². The maximum atomic E-state index is 12.5. The molecule has 0 radical (unpaired) electrons. The number of nitrogens with zero attached hydrogens (tertiary/aromatic N) is 3. The smallest absolute Gasteiger partial charge is 0.257 e. The first-order chi connectivity index (χ1) is 12.6. The van der Waals surface area contributed by atoms with E-state index in [1.165, 1.54) is 5.56 Å². The monoisotopic (exact) mass is 347 g/mol. The quantitative estimate of drug-likeness (QED) is 0.712. The van der Waals surface area contributed by atoms with Gasteiger partial charge in [-0.1, -0.05) is 53.2 Å². The van der Waals surface area contributed by atoms with Gasteiger partial charge in [-0.05, 0) is 31.5 Å². The summed E-state index contributed by atoms with van der Waals surface area (Å²) in [7, 11) is 0. The molecule has 4 rings (SSSR count). The van der Waals surface area contributed by atoms with Crippen LogP contribution in [0.2, 0.25) is 0 Å². The van der Waals surface area contributed by atoms with E-state index in [1.807, 2.05) is 54.3 Å². The van der Waals surface area contributed by atoms with Crippen molar-refractivity contribution in [2.45, 2.75) is 32.2 Å². The molecule has 5 nitrogen and oxygen atoms in total. The molecule has 2 aromatic carbocycles. The van der Waals surface area contributed by atoms with Crippen LogP contribution in [0.5, 0.6) is 0 Å². The molecule has 26 heavy (non-hydrogen) atoms. The second kappa shape index (κ2) is 6.75. The van der Waals surface area contributed by atoms with Gasteiger partial charge >= 0.3 is 0 Å². The minimum atomic E-state index is -0.0309. The van der Waals surface area contributed by atoms with Crippen LogP contribution in [-0.4, -0.2) is 27.5 Å². The van der Waals surface area contributed by atoms with Gasteiger partial charge in [-0.3, -0.25) is 4.79 Å². The van der Waals surface area contributed by atoms with Crippen molar-refractivity contribution in [1.82, 2.24) is 15.0 Å². The number of amides is 1. The fourth-order valence-corrected chi connectivity index (χ4v) is 3.40. The minimum Gasteiger partial charge on any atom is -0.335 e. The molecule has 0 aliphatic carbocycles. The van der Waals surface area contributed by atoms with Crippen molar-refractivity contribution < 1.29 is 9.32 Å². The number of carbonyl (C=O) groups is 1. The summed E-state index contributed by atoms with van der Waals surface area (Å²) in [5.74, 6) is 1.21. The second-order valence-corrected chi connectivity index (χ2v) is 6.86. The Morgan fingerprint density at radius 2 is 1.85 bits per heavy atom. The maximum absolute atomic E-state index is 12.5. The molecule has 1 aliphatic rings. The van der Waals surface area contributed by atoms with E-state index in [0.717, 1.165) is 11.1 Å². The van der Waals surface area contributed by atoms with Gasteiger partial charge in [0.1, 0.15) is 0 Å². The number of likely N-dealkylation sites (tertiary alicyclic amines) is 1. The maximum Gasteiger partial charge on any atom is 0.257 e. The van der Waals surface area contributed by atoms with E-state index in [4.69, 9.17) is 4.52 Å². The molecule has 2 heterocycles. The molecule has 1 saturated heterocycles. The predicted octanol–water partition coefficient (Wildman–Crippen LogP) is 4.12. The Balaban J connectivity index is 1.51. The third-order valence-corrected chi connectivity index (χ3v) is 5.01. The van der Waals surface area contributed by atoms with Crippen molar-refractivity contribution in [1.29, 1.82) is 0 Å². The van der Waals surface area contributed by atoms with E-state index < -0.39 is 0 Å². The van der Waals surface area contributed by atoms with E-state index in [2.05, 4.69) is 29.2 Å². The lowest BCUT2D eigenvalue weighted by Crippen LogP contribution is -2.28. The summed E-state index contributed by atoms with van der Waals surface area (Å²) >= 11 is 0. The number of hydrogen-bond acceptors (Lipinski definition) is 4. The van der Waals surface area contributed by atoms with Crippen LogP contribution < -0.4 is 0 Å². The van der Waals surface area contributed by atoms with Gasteiger partial charge in [0.15, 0.2) is 5.82 Å². The molecule has 2 atom stereocenters. The molecule has 2 unspecified atom stereocenters. The lowest BCUT2D eigenvalue weighted by molar-refractivity contribution is -0.129. The fraction of sp³-hybridized carbons (Fsp3) is 0.286. The highest BCUT2D eigenvalue weighted by Crippen LogP contribution is 2.33. The van der Waals surface area contributed by atoms with Gasteiger partial charge in [0.05, 0.1) is 6.04 Å². The Hall–Kier alpha value is -2.95. The van der Waals surface area contributed by atoms with Crippen LogP contribution >= 0.6 is 0 Å². The molecule has 132 valence electrons. The number of hydrogen-bond donors (Lipinski definition) is 0. The van der Waals surface area contributed by atoms with E-state index in [1.54, 1.807) is 0 Å². The SMILES string of the molecule is Cc1ccc(-c2nc(C3CC(=O)N(C(C)c4ccccc4)C3)no2)cc1. The second-order valence-electron chi connectivity index (χ2n) is 6.86. The van der Waals surface area contributed by atoms with Crippen molar-refractivity contribution in [3.63, 3.8) is 0 Å². The highest BCUT2D eigenvalue weighted by Gasteiger charge is 2.36. The molecule has 0 saturated carbocycles. The van der Waals surface area contributed by atoms with Gasteiger partial charge < -0.3 is 9.42 Å². The molecular formula is C21H21N3O2. The van der Waals surface area contributed by atoms with Crippen LogP contribution in [0.4, 0.5) is 0 Å². The first-order valence-corrected chi connectivity index (χ1v) is 8.87. The zero-order valence-corrected chi connectivity index (χ0v) is 14.9. The van der Waals surface area contributed by atoms with Crippen LogP contribution in [-0.2, 0) is 4.79 Å². The van der Waals surface area contributed by atoms with Crippen molar-refractivity contribution >= 4 is 5.91 Å². The third kappa shape index (κ3) is 3.12. The van der Waals surface area contributed by atoms with E-state index in [9.17, 15) is 4.79 Å². The lowest BCUT2D eigenvalue weighted by atomic mass is 10.1. The summed E-state index contributed by atoms with van der Waals surface area (Å²) in [5.41, 5.74) is 3.21. The number of aromatic nitrogens is 2. The summed E-state index contributed by atoms with van der Waals surface area (Å²) in [4.78, 5) is 19.0. The fourth-order valence-electron chi connectivity index (χ4n) is 3.40. The van der Waals surface area contributed by atoms with Crippen LogP contribution in [0, 0.1) is 6.92 Å². The molecule has 1 aromatic heterocycles. The van der Waals surface area contributed by atoms with Gasteiger partial charge in [0.25, 0.3) is 5.89 Å². The molecule has 0 N–H and O–H groups in total.